The maximum atomic E-state index is 13.3. The molecule has 2 aliphatic carbocycles. The first kappa shape index (κ1) is 28.8. The van der Waals surface area contributed by atoms with Crippen LogP contribution in [0, 0.1) is 29.1 Å². The maximum Gasteiger partial charge on any atom is 0.225 e. The minimum absolute atomic E-state index is 0.0180. The van der Waals surface area contributed by atoms with E-state index < -0.39 is 0 Å². The minimum Gasteiger partial charge on any atom is -0.370 e. The van der Waals surface area contributed by atoms with Crippen LogP contribution in [0.4, 0.5) is 0 Å². The lowest BCUT2D eigenvalue weighted by atomic mass is 9.84. The Morgan fingerprint density at radius 2 is 1.89 bits per heavy atom. The van der Waals surface area contributed by atoms with E-state index in [1.807, 2.05) is 6.08 Å². The van der Waals surface area contributed by atoms with Gasteiger partial charge in [-0.05, 0) is 80.6 Å². The highest BCUT2D eigenvalue weighted by Gasteiger charge is 2.52. The monoisotopic (exact) mass is 498 g/mol. The van der Waals surface area contributed by atoms with Gasteiger partial charge in [-0.15, -0.1) is 6.58 Å². The molecule has 5 nitrogen and oxygen atoms in total. The van der Waals surface area contributed by atoms with Crippen LogP contribution >= 0.6 is 0 Å². The molecule has 204 valence electrons. The Morgan fingerprint density at radius 3 is 2.50 bits per heavy atom. The van der Waals surface area contributed by atoms with E-state index in [4.69, 9.17) is 0 Å². The Kier molecular flexibility index (Phi) is 10.1. The van der Waals surface area contributed by atoms with Gasteiger partial charge in [0.25, 0.3) is 0 Å². The van der Waals surface area contributed by atoms with E-state index in [0.717, 1.165) is 57.1 Å². The van der Waals surface area contributed by atoms with Gasteiger partial charge in [0.05, 0.1) is 11.9 Å². The summed E-state index contributed by atoms with van der Waals surface area (Å²) in [6.45, 7) is 26.7. The smallest absolute Gasteiger partial charge is 0.225 e. The van der Waals surface area contributed by atoms with Gasteiger partial charge < -0.3 is 20.9 Å². The van der Waals surface area contributed by atoms with Gasteiger partial charge in [-0.3, -0.25) is 4.79 Å². The first-order chi connectivity index (χ1) is 17.0. The predicted octanol–water partition coefficient (Wildman–Crippen LogP) is 5.62. The third-order valence-electron chi connectivity index (χ3n) is 8.26. The minimum atomic E-state index is -0.0641. The number of amides is 1. The van der Waals surface area contributed by atoms with Crippen molar-refractivity contribution in [3.05, 3.63) is 37.2 Å². The molecule has 1 aliphatic heterocycles. The first-order valence-corrected chi connectivity index (χ1v) is 14.5. The van der Waals surface area contributed by atoms with Gasteiger partial charge in [0.15, 0.2) is 0 Å². The zero-order chi connectivity index (χ0) is 26.5. The fourth-order valence-corrected chi connectivity index (χ4v) is 5.72. The van der Waals surface area contributed by atoms with Crippen LogP contribution in [0.15, 0.2) is 37.2 Å². The largest absolute Gasteiger partial charge is 0.370 e. The van der Waals surface area contributed by atoms with Crippen molar-refractivity contribution in [2.75, 3.05) is 19.6 Å². The maximum absolute atomic E-state index is 13.3. The number of rotatable bonds is 17. The molecule has 3 fully saturated rings. The standard InChI is InChI=1S/C31H54N4O/c1-9-28-27-16-25(27)20-35(28)30(36)17-29(31(6,7)8)34-23(5)33-26(15-21(2)3)12-10-11-22(4)18-32-19-24-13-14-24/h9,21,24-29,32-34H,1,4-5,10-20H2,2-3,6-8H3/t25-,26+,27-,28?,29?/m0/s1. The molecule has 0 spiro atoms. The molecule has 1 heterocycles. The summed E-state index contributed by atoms with van der Waals surface area (Å²) in [4.78, 5) is 15.3. The third kappa shape index (κ3) is 8.97. The summed E-state index contributed by atoms with van der Waals surface area (Å²) >= 11 is 0. The number of hydrogen-bond acceptors (Lipinski definition) is 4. The molecule has 0 aromatic rings. The fraction of sp³-hybridized carbons (Fsp3) is 0.774. The van der Waals surface area contributed by atoms with E-state index in [0.29, 0.717) is 30.2 Å². The number of likely N-dealkylation sites (tertiary alicyclic amines) is 1. The fourth-order valence-electron chi connectivity index (χ4n) is 5.72. The van der Waals surface area contributed by atoms with Gasteiger partial charge in [0, 0.05) is 31.6 Å². The van der Waals surface area contributed by atoms with Crippen LogP contribution < -0.4 is 16.0 Å². The summed E-state index contributed by atoms with van der Waals surface area (Å²) in [5.74, 6) is 3.92. The van der Waals surface area contributed by atoms with Crippen molar-refractivity contribution in [3.8, 4) is 0 Å². The highest BCUT2D eigenvalue weighted by Crippen LogP contribution is 2.50. The van der Waals surface area contributed by atoms with E-state index >= 15 is 0 Å². The molecule has 1 amide bonds. The van der Waals surface area contributed by atoms with Gasteiger partial charge in [0.2, 0.25) is 5.91 Å². The molecule has 3 N–H and O–H groups in total. The molecule has 0 bridgehead atoms. The zero-order valence-corrected chi connectivity index (χ0v) is 23.9. The van der Waals surface area contributed by atoms with E-state index in [2.05, 4.69) is 75.2 Å². The number of nitrogens with zero attached hydrogens (tertiary/aromatic N) is 1. The van der Waals surface area contributed by atoms with Gasteiger partial charge in [-0.1, -0.05) is 59.4 Å². The molecule has 2 unspecified atom stereocenters. The molecule has 36 heavy (non-hydrogen) atoms. The average Bonchev–Trinajstić information content (AvgIpc) is 3.70. The Hall–Kier alpha value is -1.75. The van der Waals surface area contributed by atoms with Crippen LogP contribution in [0.1, 0.15) is 86.0 Å². The van der Waals surface area contributed by atoms with E-state index in [9.17, 15) is 4.79 Å². The number of piperidine rings is 1. The normalized spacial score (nSPS) is 24.7. The number of carbonyl (C=O) groups excluding carboxylic acids is 1. The molecule has 3 aliphatic rings. The quantitative estimate of drug-likeness (QED) is 0.228. The van der Waals surface area contributed by atoms with Crippen molar-refractivity contribution < 1.29 is 4.79 Å². The topological polar surface area (TPSA) is 56.4 Å². The second-order valence-electron chi connectivity index (χ2n) is 13.4. The van der Waals surface area contributed by atoms with Crippen molar-refractivity contribution in [3.63, 3.8) is 0 Å². The third-order valence-corrected chi connectivity index (χ3v) is 8.26. The van der Waals surface area contributed by atoms with E-state index in [1.54, 1.807) is 0 Å². The van der Waals surface area contributed by atoms with Crippen molar-refractivity contribution in [1.29, 1.82) is 0 Å². The van der Waals surface area contributed by atoms with Crippen LogP contribution in [0.2, 0.25) is 0 Å². The number of hydrogen-bond donors (Lipinski definition) is 3. The van der Waals surface area contributed by atoms with Crippen molar-refractivity contribution in [2.45, 2.75) is 104 Å². The van der Waals surface area contributed by atoms with E-state index in [1.165, 1.54) is 24.8 Å². The Balaban J connectivity index is 1.46. The van der Waals surface area contributed by atoms with Crippen LogP contribution in [0.3, 0.4) is 0 Å². The molecule has 2 saturated carbocycles. The van der Waals surface area contributed by atoms with Crippen molar-refractivity contribution >= 4 is 5.91 Å². The van der Waals surface area contributed by atoms with Crippen LogP contribution in [-0.2, 0) is 4.79 Å². The summed E-state index contributed by atoms with van der Waals surface area (Å²) < 4.78 is 0. The molecule has 5 heteroatoms. The number of nitrogens with one attached hydrogen (secondary N) is 3. The van der Waals surface area contributed by atoms with Crippen LogP contribution in [0.5, 0.6) is 0 Å². The summed E-state index contributed by atoms with van der Waals surface area (Å²) in [5.41, 5.74) is 1.24. The summed E-state index contributed by atoms with van der Waals surface area (Å²) in [5, 5.41) is 10.8. The molecule has 0 aromatic carbocycles. The molecular weight excluding hydrogens is 444 g/mol. The van der Waals surface area contributed by atoms with Crippen LogP contribution in [0.25, 0.3) is 0 Å². The predicted molar refractivity (Wildman–Crippen MR) is 152 cm³/mol. The molecular formula is C31H54N4O. The Bertz CT molecular complexity index is 778. The van der Waals surface area contributed by atoms with Gasteiger partial charge in [-0.25, -0.2) is 0 Å². The lowest BCUT2D eigenvalue weighted by molar-refractivity contribution is -0.133. The SMILES string of the molecule is C=CC1[C@H]2C[C@H]2CN1C(=O)CC(NC(=C)N[C@H](CCCC(=C)CNCC1CC1)CC(C)C)C(C)(C)C. The van der Waals surface area contributed by atoms with Crippen molar-refractivity contribution in [2.24, 2.45) is 29.1 Å². The summed E-state index contributed by atoms with van der Waals surface area (Å²) in [6.07, 6.45) is 10.9. The number of fused-ring (bicyclic) bond motifs is 1. The molecule has 0 radical (unpaired) electrons. The van der Waals surface area contributed by atoms with Crippen LogP contribution in [-0.4, -0.2) is 48.6 Å². The first-order valence-electron chi connectivity index (χ1n) is 14.5. The highest BCUT2D eigenvalue weighted by atomic mass is 16.2. The molecule has 3 rings (SSSR count). The van der Waals surface area contributed by atoms with E-state index in [-0.39, 0.29) is 23.4 Å². The Labute approximate surface area is 221 Å². The van der Waals surface area contributed by atoms with Crippen molar-refractivity contribution in [1.82, 2.24) is 20.9 Å². The van der Waals surface area contributed by atoms with Gasteiger partial charge in [0.1, 0.15) is 0 Å². The van der Waals surface area contributed by atoms with Gasteiger partial charge in [-0.2, -0.15) is 0 Å². The zero-order valence-electron chi connectivity index (χ0n) is 23.9. The lowest BCUT2D eigenvalue weighted by Gasteiger charge is -2.36. The van der Waals surface area contributed by atoms with Gasteiger partial charge >= 0.3 is 0 Å². The summed E-state index contributed by atoms with van der Waals surface area (Å²) in [6, 6.07) is 0.604. The second-order valence-corrected chi connectivity index (χ2v) is 13.4. The highest BCUT2D eigenvalue weighted by molar-refractivity contribution is 5.78. The average molecular weight is 499 g/mol. The summed E-state index contributed by atoms with van der Waals surface area (Å²) in [7, 11) is 0. The Morgan fingerprint density at radius 1 is 1.17 bits per heavy atom. The molecule has 1 saturated heterocycles. The lowest BCUT2D eigenvalue weighted by Crippen LogP contribution is -2.48. The second kappa shape index (κ2) is 12.7. The molecule has 0 aromatic heterocycles. The molecule has 5 atom stereocenters. The number of carbonyl (C=O) groups is 1.